The topological polar surface area (TPSA) is 57.8 Å². The van der Waals surface area contributed by atoms with Crippen molar-refractivity contribution < 1.29 is 10.2 Å². The Balaban J connectivity index is 2.50. The number of pyridine rings is 1. The minimum Gasteiger partial charge on any atom is -0.506 e. The summed E-state index contributed by atoms with van der Waals surface area (Å²) >= 11 is 0. The molecule has 1 unspecified atom stereocenters. The van der Waals surface area contributed by atoms with Gasteiger partial charge in [-0.25, -0.2) is 4.98 Å². The molecule has 0 aliphatic heterocycles. The Morgan fingerprint density at radius 3 is 3.00 bits per heavy atom. The third-order valence-electron chi connectivity index (χ3n) is 2.07. The Morgan fingerprint density at radius 2 is 2.29 bits per heavy atom. The number of imidazole rings is 1. The Morgan fingerprint density at radius 1 is 1.50 bits per heavy atom. The second-order valence-electron chi connectivity index (χ2n) is 3.41. The van der Waals surface area contributed by atoms with Crippen LogP contribution in [0, 0.1) is 0 Å². The van der Waals surface area contributed by atoms with E-state index in [9.17, 15) is 10.2 Å². The zero-order chi connectivity index (χ0) is 10.1. The average Bonchev–Trinajstić information content (AvgIpc) is 2.47. The van der Waals surface area contributed by atoms with Crippen molar-refractivity contribution in [3.05, 3.63) is 30.4 Å². The first-order valence-electron chi connectivity index (χ1n) is 4.50. The molecule has 0 aliphatic carbocycles. The summed E-state index contributed by atoms with van der Waals surface area (Å²) in [5.74, 6) is 0.952. The third-order valence-corrected chi connectivity index (χ3v) is 2.07. The summed E-state index contributed by atoms with van der Waals surface area (Å²) in [4.78, 5) is 4.17. The highest BCUT2D eigenvalue weighted by molar-refractivity contribution is 5.48. The molecule has 4 heteroatoms. The molecule has 1 atom stereocenters. The summed E-state index contributed by atoms with van der Waals surface area (Å²) in [5, 5.41) is 18.5. The van der Waals surface area contributed by atoms with Crippen molar-refractivity contribution in [3.63, 3.8) is 0 Å². The van der Waals surface area contributed by atoms with Crippen LogP contribution in [0.15, 0.2) is 24.5 Å². The Kier molecular flexibility index (Phi) is 2.13. The van der Waals surface area contributed by atoms with Crippen LogP contribution in [0.25, 0.3) is 5.52 Å². The highest BCUT2D eigenvalue weighted by Crippen LogP contribution is 2.14. The van der Waals surface area contributed by atoms with Gasteiger partial charge >= 0.3 is 0 Å². The van der Waals surface area contributed by atoms with Crippen molar-refractivity contribution in [2.24, 2.45) is 0 Å². The van der Waals surface area contributed by atoms with Crippen LogP contribution in [0.4, 0.5) is 0 Å². The van der Waals surface area contributed by atoms with Gasteiger partial charge in [0.1, 0.15) is 11.6 Å². The second kappa shape index (κ2) is 3.31. The van der Waals surface area contributed by atoms with Gasteiger partial charge in [-0.05, 0) is 19.1 Å². The van der Waals surface area contributed by atoms with E-state index in [1.165, 1.54) is 0 Å². The van der Waals surface area contributed by atoms with E-state index in [4.69, 9.17) is 0 Å². The van der Waals surface area contributed by atoms with Crippen LogP contribution in [-0.4, -0.2) is 25.7 Å². The molecule has 2 heterocycles. The first-order valence-corrected chi connectivity index (χ1v) is 4.50. The average molecular weight is 192 g/mol. The smallest absolute Gasteiger partial charge is 0.132 e. The quantitative estimate of drug-likeness (QED) is 0.745. The number of rotatable bonds is 2. The molecule has 2 rings (SSSR count). The first-order chi connectivity index (χ1) is 6.66. The van der Waals surface area contributed by atoms with Gasteiger partial charge in [0.2, 0.25) is 0 Å². The molecule has 0 saturated carbocycles. The number of hydrogen-bond acceptors (Lipinski definition) is 3. The molecule has 0 saturated heterocycles. The number of fused-ring (bicyclic) bond motifs is 1. The molecule has 0 bridgehead atoms. The molecule has 0 aliphatic rings. The Hall–Kier alpha value is -1.55. The maximum atomic E-state index is 9.30. The number of nitrogens with zero attached hydrogens (tertiary/aromatic N) is 2. The van der Waals surface area contributed by atoms with Gasteiger partial charge in [0.05, 0.1) is 24.0 Å². The first kappa shape index (κ1) is 9.02. The van der Waals surface area contributed by atoms with Crippen LogP contribution in [0.3, 0.4) is 0 Å². The van der Waals surface area contributed by atoms with E-state index < -0.39 is 6.10 Å². The lowest BCUT2D eigenvalue weighted by molar-refractivity contribution is 0.192. The normalized spacial score (nSPS) is 13.3. The maximum absolute atomic E-state index is 9.30. The predicted octanol–water partition coefficient (Wildman–Crippen LogP) is 0.963. The molecule has 0 amide bonds. The lowest BCUT2D eigenvalue weighted by Gasteiger charge is -2.03. The maximum Gasteiger partial charge on any atom is 0.132 e. The molecule has 2 aromatic rings. The third kappa shape index (κ3) is 1.56. The summed E-state index contributed by atoms with van der Waals surface area (Å²) < 4.78 is 1.78. The van der Waals surface area contributed by atoms with Gasteiger partial charge in [0.15, 0.2) is 0 Å². The fraction of sp³-hybridized carbons (Fsp3) is 0.300. The van der Waals surface area contributed by atoms with Gasteiger partial charge in [-0.2, -0.15) is 0 Å². The molecule has 0 fully saturated rings. The molecule has 14 heavy (non-hydrogen) atoms. The molecular formula is C10H12N2O2. The van der Waals surface area contributed by atoms with Crippen LogP contribution in [-0.2, 0) is 6.42 Å². The van der Waals surface area contributed by atoms with Gasteiger partial charge in [-0.3, -0.25) is 4.40 Å². The highest BCUT2D eigenvalue weighted by atomic mass is 16.3. The highest BCUT2D eigenvalue weighted by Gasteiger charge is 2.06. The van der Waals surface area contributed by atoms with E-state index >= 15 is 0 Å². The number of aromatic nitrogens is 2. The minimum atomic E-state index is -0.428. The molecule has 2 aromatic heterocycles. The van der Waals surface area contributed by atoms with Crippen molar-refractivity contribution in [3.8, 4) is 5.75 Å². The fourth-order valence-electron chi connectivity index (χ4n) is 1.45. The standard InChI is InChI=1S/C10H12N2O2/c1-7(13)4-10-11-5-8-2-3-9(14)6-12(8)10/h2-3,5-7,13-14H,4H2,1H3. The molecule has 0 aromatic carbocycles. The molecule has 4 nitrogen and oxygen atoms in total. The summed E-state index contributed by atoms with van der Waals surface area (Å²) in [6.45, 7) is 1.71. The Labute approximate surface area is 81.5 Å². The van der Waals surface area contributed by atoms with Crippen molar-refractivity contribution in [1.29, 1.82) is 0 Å². The van der Waals surface area contributed by atoms with Gasteiger partial charge in [0.25, 0.3) is 0 Å². The summed E-state index contributed by atoms with van der Waals surface area (Å²) in [6, 6.07) is 3.40. The summed E-state index contributed by atoms with van der Waals surface area (Å²) in [5.41, 5.74) is 0.915. The zero-order valence-electron chi connectivity index (χ0n) is 7.88. The van der Waals surface area contributed by atoms with E-state index in [0.717, 1.165) is 11.3 Å². The van der Waals surface area contributed by atoms with E-state index in [1.807, 2.05) is 0 Å². The van der Waals surface area contributed by atoms with Gasteiger partial charge in [-0.1, -0.05) is 0 Å². The van der Waals surface area contributed by atoms with E-state index in [-0.39, 0.29) is 5.75 Å². The van der Waals surface area contributed by atoms with E-state index in [0.29, 0.717) is 6.42 Å². The van der Waals surface area contributed by atoms with Gasteiger partial charge < -0.3 is 10.2 Å². The predicted molar refractivity (Wildman–Crippen MR) is 52.2 cm³/mol. The van der Waals surface area contributed by atoms with E-state index in [2.05, 4.69) is 4.98 Å². The lowest BCUT2D eigenvalue weighted by Crippen LogP contribution is -2.07. The fourth-order valence-corrected chi connectivity index (χ4v) is 1.45. The molecule has 0 spiro atoms. The van der Waals surface area contributed by atoms with Crippen LogP contribution >= 0.6 is 0 Å². The van der Waals surface area contributed by atoms with Gasteiger partial charge in [-0.15, -0.1) is 0 Å². The summed E-state index contributed by atoms with van der Waals surface area (Å²) in [6.07, 6.45) is 3.37. The number of hydrogen-bond donors (Lipinski definition) is 2. The monoisotopic (exact) mass is 192 g/mol. The van der Waals surface area contributed by atoms with Crippen LogP contribution in [0.5, 0.6) is 5.75 Å². The summed E-state index contributed by atoms with van der Waals surface area (Å²) in [7, 11) is 0. The van der Waals surface area contributed by atoms with Crippen LogP contribution < -0.4 is 0 Å². The Bertz CT molecular complexity index is 448. The second-order valence-corrected chi connectivity index (χ2v) is 3.41. The lowest BCUT2D eigenvalue weighted by atomic mass is 10.3. The molecule has 0 radical (unpaired) electrons. The van der Waals surface area contributed by atoms with Crippen molar-refractivity contribution >= 4 is 5.52 Å². The number of aliphatic hydroxyl groups excluding tert-OH is 1. The van der Waals surface area contributed by atoms with Crippen molar-refractivity contribution in [2.45, 2.75) is 19.4 Å². The van der Waals surface area contributed by atoms with Crippen molar-refractivity contribution in [1.82, 2.24) is 9.38 Å². The largest absolute Gasteiger partial charge is 0.506 e. The SMILES string of the molecule is CC(O)Cc1ncc2ccc(O)cn12. The van der Waals surface area contributed by atoms with E-state index in [1.54, 1.807) is 35.9 Å². The van der Waals surface area contributed by atoms with Gasteiger partial charge in [0, 0.05) is 6.42 Å². The minimum absolute atomic E-state index is 0.197. The molecular weight excluding hydrogens is 180 g/mol. The molecule has 2 N–H and O–H groups in total. The van der Waals surface area contributed by atoms with Crippen LogP contribution in [0.2, 0.25) is 0 Å². The zero-order valence-corrected chi connectivity index (χ0v) is 7.88. The number of aromatic hydroxyl groups is 1. The van der Waals surface area contributed by atoms with Crippen molar-refractivity contribution in [2.75, 3.05) is 0 Å². The van der Waals surface area contributed by atoms with Crippen LogP contribution in [0.1, 0.15) is 12.7 Å². The molecule has 74 valence electrons. The number of aliphatic hydroxyl groups is 1.